The lowest BCUT2D eigenvalue weighted by molar-refractivity contribution is -0.241. The van der Waals surface area contributed by atoms with Crippen molar-refractivity contribution < 1.29 is 14.6 Å². The molecular formula is C8H7ClO3. The van der Waals surface area contributed by atoms with E-state index in [1.54, 1.807) is 0 Å². The summed E-state index contributed by atoms with van der Waals surface area (Å²) in [6, 6.07) is 9.31. The second kappa shape index (κ2) is 4.74. The molecular weight excluding hydrogens is 180 g/mol. The van der Waals surface area contributed by atoms with Crippen LogP contribution in [0.2, 0.25) is 0 Å². The summed E-state index contributed by atoms with van der Waals surface area (Å²) >= 11 is 4.86. The van der Waals surface area contributed by atoms with Crippen molar-refractivity contribution in [3.05, 3.63) is 35.9 Å². The molecule has 0 spiro atoms. The van der Waals surface area contributed by atoms with Crippen molar-refractivity contribution in [2.24, 2.45) is 0 Å². The highest BCUT2D eigenvalue weighted by atomic mass is 35.5. The molecule has 1 rings (SSSR count). The van der Waals surface area contributed by atoms with Crippen LogP contribution < -0.4 is 0 Å². The number of carbonyl (C=O) groups excluding carboxylic acids is 1. The van der Waals surface area contributed by atoms with Gasteiger partial charge in [0.05, 0.1) is 0 Å². The molecule has 0 aliphatic carbocycles. The highest BCUT2D eigenvalue weighted by molar-refractivity contribution is 6.61. The molecule has 0 atom stereocenters. The van der Waals surface area contributed by atoms with Gasteiger partial charge in [0.15, 0.2) is 0 Å². The van der Waals surface area contributed by atoms with Gasteiger partial charge < -0.3 is 0 Å². The first kappa shape index (κ1) is 9.03. The van der Waals surface area contributed by atoms with E-state index in [1.807, 2.05) is 30.3 Å². The van der Waals surface area contributed by atoms with Crippen molar-refractivity contribution in [1.29, 1.82) is 0 Å². The minimum absolute atomic E-state index is 0.208. The number of carbonyl (C=O) groups is 1. The van der Waals surface area contributed by atoms with Crippen molar-refractivity contribution >= 4 is 17.0 Å². The van der Waals surface area contributed by atoms with E-state index in [0.717, 1.165) is 5.56 Å². The van der Waals surface area contributed by atoms with Gasteiger partial charge in [0.1, 0.15) is 6.61 Å². The zero-order valence-electron chi connectivity index (χ0n) is 6.20. The van der Waals surface area contributed by atoms with Gasteiger partial charge in [-0.25, -0.2) is 4.79 Å². The molecule has 0 amide bonds. The molecule has 64 valence electrons. The van der Waals surface area contributed by atoms with E-state index in [9.17, 15) is 4.79 Å². The normalized spacial score (nSPS) is 9.42. The lowest BCUT2D eigenvalue weighted by atomic mass is 10.2. The Morgan fingerprint density at radius 2 is 2.00 bits per heavy atom. The zero-order valence-corrected chi connectivity index (χ0v) is 6.95. The third kappa shape index (κ3) is 3.37. The molecule has 0 aliphatic heterocycles. The average molecular weight is 187 g/mol. The number of rotatable bonds is 3. The van der Waals surface area contributed by atoms with E-state index in [2.05, 4.69) is 9.78 Å². The largest absolute Gasteiger partial charge is 0.435 e. The van der Waals surface area contributed by atoms with Crippen molar-refractivity contribution in [1.82, 2.24) is 0 Å². The average Bonchev–Trinajstić information content (AvgIpc) is 2.05. The van der Waals surface area contributed by atoms with Crippen LogP contribution in [0.3, 0.4) is 0 Å². The van der Waals surface area contributed by atoms with Crippen LogP contribution in [-0.2, 0) is 16.4 Å². The van der Waals surface area contributed by atoms with Crippen LogP contribution in [0.4, 0.5) is 4.79 Å². The molecule has 0 unspecified atom stereocenters. The molecule has 0 saturated heterocycles. The van der Waals surface area contributed by atoms with Gasteiger partial charge >= 0.3 is 5.43 Å². The number of hydrogen-bond acceptors (Lipinski definition) is 3. The molecule has 0 aliphatic rings. The smallest absolute Gasteiger partial charge is 0.280 e. The maximum atomic E-state index is 10.1. The fourth-order valence-electron chi connectivity index (χ4n) is 0.718. The molecule has 1 aromatic carbocycles. The van der Waals surface area contributed by atoms with Gasteiger partial charge in [0, 0.05) is 11.6 Å². The Bertz CT molecular complexity index is 248. The Balaban J connectivity index is 2.29. The van der Waals surface area contributed by atoms with E-state index in [-0.39, 0.29) is 6.61 Å². The maximum absolute atomic E-state index is 10.1. The van der Waals surface area contributed by atoms with Crippen molar-refractivity contribution in [2.45, 2.75) is 6.61 Å². The van der Waals surface area contributed by atoms with Gasteiger partial charge in [0.25, 0.3) is 0 Å². The van der Waals surface area contributed by atoms with Crippen LogP contribution in [-0.4, -0.2) is 5.43 Å². The van der Waals surface area contributed by atoms with Gasteiger partial charge in [-0.3, -0.25) is 4.89 Å². The number of hydrogen-bond donors (Lipinski definition) is 0. The first-order valence-corrected chi connectivity index (χ1v) is 3.69. The third-order valence-corrected chi connectivity index (χ3v) is 1.26. The molecule has 0 radical (unpaired) electrons. The van der Waals surface area contributed by atoms with Crippen molar-refractivity contribution in [3.63, 3.8) is 0 Å². The third-order valence-electron chi connectivity index (χ3n) is 1.19. The molecule has 3 nitrogen and oxygen atoms in total. The molecule has 0 N–H and O–H groups in total. The molecule has 0 bridgehead atoms. The summed E-state index contributed by atoms with van der Waals surface area (Å²) in [7, 11) is 0. The molecule has 0 fully saturated rings. The predicted molar refractivity (Wildman–Crippen MR) is 43.6 cm³/mol. The second-order valence-electron chi connectivity index (χ2n) is 2.07. The number of benzene rings is 1. The van der Waals surface area contributed by atoms with Crippen LogP contribution in [0.5, 0.6) is 0 Å². The minimum atomic E-state index is -0.967. The summed E-state index contributed by atoms with van der Waals surface area (Å²) < 4.78 is 0. The fourth-order valence-corrected chi connectivity index (χ4v) is 0.763. The lowest BCUT2D eigenvalue weighted by Crippen LogP contribution is -1.96. The first-order valence-electron chi connectivity index (χ1n) is 3.32. The molecule has 1 aromatic rings. The fraction of sp³-hybridized carbons (Fsp3) is 0.125. The van der Waals surface area contributed by atoms with Crippen molar-refractivity contribution in [2.75, 3.05) is 0 Å². The van der Waals surface area contributed by atoms with Gasteiger partial charge in [0.2, 0.25) is 0 Å². The highest BCUT2D eigenvalue weighted by Crippen LogP contribution is 2.01. The highest BCUT2D eigenvalue weighted by Gasteiger charge is 1.96. The first-order chi connectivity index (χ1) is 5.79. The Morgan fingerprint density at radius 1 is 1.33 bits per heavy atom. The SMILES string of the molecule is O=C(Cl)OOCc1ccccc1. The van der Waals surface area contributed by atoms with Gasteiger partial charge in [-0.15, -0.1) is 0 Å². The molecule has 0 saturated carbocycles. The van der Waals surface area contributed by atoms with Crippen LogP contribution in [0.1, 0.15) is 5.56 Å². The minimum Gasteiger partial charge on any atom is -0.280 e. The van der Waals surface area contributed by atoms with E-state index >= 15 is 0 Å². The second-order valence-corrected chi connectivity index (χ2v) is 2.38. The Morgan fingerprint density at radius 3 is 2.58 bits per heavy atom. The topological polar surface area (TPSA) is 35.5 Å². The number of halogens is 1. The van der Waals surface area contributed by atoms with Crippen LogP contribution in [0, 0.1) is 0 Å². The summed E-state index contributed by atoms with van der Waals surface area (Å²) in [5.74, 6) is 0. The van der Waals surface area contributed by atoms with E-state index in [0.29, 0.717) is 0 Å². The summed E-state index contributed by atoms with van der Waals surface area (Å²) in [5.41, 5.74) is -0.0543. The van der Waals surface area contributed by atoms with Crippen molar-refractivity contribution in [3.8, 4) is 0 Å². The van der Waals surface area contributed by atoms with Gasteiger partial charge in [-0.1, -0.05) is 30.3 Å². The van der Waals surface area contributed by atoms with Gasteiger partial charge in [-0.05, 0) is 5.56 Å². The summed E-state index contributed by atoms with van der Waals surface area (Å²) in [6.45, 7) is 0.208. The quantitative estimate of drug-likeness (QED) is 0.413. The van der Waals surface area contributed by atoms with E-state index in [1.165, 1.54) is 0 Å². The van der Waals surface area contributed by atoms with Crippen LogP contribution >= 0.6 is 11.6 Å². The summed E-state index contributed by atoms with van der Waals surface area (Å²) in [6.07, 6.45) is 0. The predicted octanol–water partition coefficient (Wildman–Crippen LogP) is 2.49. The molecule has 0 aromatic heterocycles. The monoisotopic (exact) mass is 186 g/mol. The zero-order chi connectivity index (χ0) is 8.81. The van der Waals surface area contributed by atoms with E-state index < -0.39 is 5.43 Å². The molecule has 0 heterocycles. The summed E-state index contributed by atoms with van der Waals surface area (Å²) in [4.78, 5) is 18.6. The van der Waals surface area contributed by atoms with Crippen LogP contribution in [0.25, 0.3) is 0 Å². The molecule has 4 heteroatoms. The Hall–Kier alpha value is -1.06. The standard InChI is InChI=1S/C8H7ClO3/c9-8(10)12-11-6-7-4-2-1-3-5-7/h1-5H,6H2. The Kier molecular flexibility index (Phi) is 3.57. The maximum Gasteiger partial charge on any atom is 0.435 e. The lowest BCUT2D eigenvalue weighted by Gasteiger charge is -1.99. The van der Waals surface area contributed by atoms with Gasteiger partial charge in [-0.2, -0.15) is 4.89 Å². The van der Waals surface area contributed by atoms with E-state index in [4.69, 9.17) is 11.6 Å². The summed E-state index contributed by atoms with van der Waals surface area (Å²) in [5, 5.41) is 0. The van der Waals surface area contributed by atoms with Crippen LogP contribution in [0.15, 0.2) is 30.3 Å². The molecule has 12 heavy (non-hydrogen) atoms. The Labute approximate surface area is 74.8 Å².